The van der Waals surface area contributed by atoms with Gasteiger partial charge in [0.05, 0.1) is 17.2 Å². The minimum Gasteiger partial charge on any atom is -0.478 e. The van der Waals surface area contributed by atoms with Crippen molar-refractivity contribution in [2.75, 3.05) is 11.9 Å². The fraction of sp³-hybridized carbons (Fsp3) is 0.286. The van der Waals surface area contributed by atoms with E-state index in [-0.39, 0.29) is 5.56 Å². The molecule has 19 heavy (non-hydrogen) atoms. The topological polar surface area (TPSA) is 82.5 Å². The standard InChI is InChI=1S/C14H16N2O3/c1-2-9(17)8-15-13-7-6-10-11(14(18)19)4-3-5-12(10)16-13/h3-7,9,17H,2,8H2,1H3,(H,15,16)(H,18,19). The van der Waals surface area contributed by atoms with E-state index in [0.29, 0.717) is 29.7 Å². The number of nitrogens with zero attached hydrogens (tertiary/aromatic N) is 1. The number of aliphatic hydroxyl groups excluding tert-OH is 1. The number of benzene rings is 1. The summed E-state index contributed by atoms with van der Waals surface area (Å²) in [7, 11) is 0. The second kappa shape index (κ2) is 5.67. The molecule has 0 amide bonds. The van der Waals surface area contributed by atoms with Crippen molar-refractivity contribution in [1.29, 1.82) is 0 Å². The van der Waals surface area contributed by atoms with Gasteiger partial charge in [-0.15, -0.1) is 0 Å². The van der Waals surface area contributed by atoms with Crippen LogP contribution in [0.1, 0.15) is 23.7 Å². The fourth-order valence-electron chi connectivity index (χ4n) is 1.81. The van der Waals surface area contributed by atoms with Crippen LogP contribution in [0.25, 0.3) is 10.9 Å². The van der Waals surface area contributed by atoms with Crippen molar-refractivity contribution in [1.82, 2.24) is 4.98 Å². The van der Waals surface area contributed by atoms with E-state index >= 15 is 0 Å². The number of hydrogen-bond donors (Lipinski definition) is 3. The number of carboxylic acid groups (broad SMARTS) is 1. The Morgan fingerprint density at radius 2 is 2.16 bits per heavy atom. The van der Waals surface area contributed by atoms with E-state index in [1.807, 2.05) is 6.92 Å². The SMILES string of the molecule is CCC(O)CNc1ccc2c(C(=O)O)cccc2n1. The molecule has 100 valence electrons. The zero-order chi connectivity index (χ0) is 13.8. The molecule has 0 spiro atoms. The highest BCUT2D eigenvalue weighted by atomic mass is 16.4. The zero-order valence-corrected chi connectivity index (χ0v) is 10.6. The zero-order valence-electron chi connectivity index (χ0n) is 10.6. The molecule has 0 radical (unpaired) electrons. The Labute approximate surface area is 110 Å². The van der Waals surface area contributed by atoms with Crippen molar-refractivity contribution in [2.24, 2.45) is 0 Å². The lowest BCUT2D eigenvalue weighted by molar-refractivity contribution is 0.0699. The Bertz CT molecular complexity index is 598. The number of carbonyl (C=O) groups is 1. The van der Waals surface area contributed by atoms with Crippen LogP contribution < -0.4 is 5.32 Å². The summed E-state index contributed by atoms with van der Waals surface area (Å²) < 4.78 is 0. The number of fused-ring (bicyclic) bond motifs is 1. The summed E-state index contributed by atoms with van der Waals surface area (Å²) in [6.07, 6.45) is 0.256. The quantitative estimate of drug-likeness (QED) is 0.767. The lowest BCUT2D eigenvalue weighted by atomic mass is 10.1. The van der Waals surface area contributed by atoms with Gasteiger partial charge in [0.2, 0.25) is 0 Å². The molecule has 2 aromatic rings. The Morgan fingerprint density at radius 1 is 1.37 bits per heavy atom. The molecule has 0 fully saturated rings. The maximum Gasteiger partial charge on any atom is 0.336 e. The molecule has 1 atom stereocenters. The third-order valence-electron chi connectivity index (χ3n) is 2.95. The maximum atomic E-state index is 11.1. The molecule has 0 saturated heterocycles. The summed E-state index contributed by atoms with van der Waals surface area (Å²) in [5, 5.41) is 22.2. The number of aliphatic hydroxyl groups is 1. The summed E-state index contributed by atoms with van der Waals surface area (Å²) >= 11 is 0. The highest BCUT2D eigenvalue weighted by Crippen LogP contribution is 2.19. The molecule has 0 bridgehead atoms. The number of anilines is 1. The summed E-state index contributed by atoms with van der Waals surface area (Å²) in [5.41, 5.74) is 0.862. The van der Waals surface area contributed by atoms with Crippen molar-refractivity contribution in [3.8, 4) is 0 Å². The monoisotopic (exact) mass is 260 g/mol. The third-order valence-corrected chi connectivity index (χ3v) is 2.95. The average molecular weight is 260 g/mol. The molecule has 0 aliphatic carbocycles. The van der Waals surface area contributed by atoms with E-state index in [2.05, 4.69) is 10.3 Å². The van der Waals surface area contributed by atoms with Gasteiger partial charge in [0, 0.05) is 11.9 Å². The second-order valence-corrected chi connectivity index (χ2v) is 4.32. The van der Waals surface area contributed by atoms with E-state index in [1.165, 1.54) is 0 Å². The van der Waals surface area contributed by atoms with Crippen molar-refractivity contribution in [3.63, 3.8) is 0 Å². The first-order valence-corrected chi connectivity index (χ1v) is 6.17. The van der Waals surface area contributed by atoms with Gasteiger partial charge in [-0.3, -0.25) is 0 Å². The highest BCUT2D eigenvalue weighted by molar-refractivity contribution is 6.02. The molecule has 5 nitrogen and oxygen atoms in total. The molecular formula is C14H16N2O3. The van der Waals surface area contributed by atoms with Gasteiger partial charge in [-0.25, -0.2) is 9.78 Å². The van der Waals surface area contributed by atoms with E-state index in [1.54, 1.807) is 30.3 Å². The Morgan fingerprint density at radius 3 is 2.84 bits per heavy atom. The van der Waals surface area contributed by atoms with Crippen LogP contribution in [0, 0.1) is 0 Å². The van der Waals surface area contributed by atoms with Crippen molar-refractivity contribution < 1.29 is 15.0 Å². The smallest absolute Gasteiger partial charge is 0.336 e. The van der Waals surface area contributed by atoms with Crippen LogP contribution in [0.5, 0.6) is 0 Å². The van der Waals surface area contributed by atoms with Gasteiger partial charge in [-0.1, -0.05) is 13.0 Å². The first-order chi connectivity index (χ1) is 9.11. The Kier molecular flexibility index (Phi) is 3.97. The Balaban J connectivity index is 2.29. The first-order valence-electron chi connectivity index (χ1n) is 6.17. The fourth-order valence-corrected chi connectivity index (χ4v) is 1.81. The molecule has 1 heterocycles. The normalized spacial score (nSPS) is 12.3. The summed E-state index contributed by atoms with van der Waals surface area (Å²) in [6.45, 7) is 2.33. The van der Waals surface area contributed by atoms with E-state index in [4.69, 9.17) is 5.11 Å². The van der Waals surface area contributed by atoms with Gasteiger partial charge in [0.1, 0.15) is 5.82 Å². The van der Waals surface area contributed by atoms with Crippen LogP contribution in [0.15, 0.2) is 30.3 Å². The predicted octanol–water partition coefficient (Wildman–Crippen LogP) is 2.12. The maximum absolute atomic E-state index is 11.1. The van der Waals surface area contributed by atoms with Gasteiger partial charge in [0.15, 0.2) is 0 Å². The van der Waals surface area contributed by atoms with Crippen molar-refractivity contribution in [2.45, 2.75) is 19.4 Å². The number of pyridine rings is 1. The van der Waals surface area contributed by atoms with Gasteiger partial charge < -0.3 is 15.5 Å². The Hall–Kier alpha value is -2.14. The van der Waals surface area contributed by atoms with Crippen LogP contribution in [-0.4, -0.2) is 33.8 Å². The number of carboxylic acids is 1. The molecule has 1 aromatic heterocycles. The lowest BCUT2D eigenvalue weighted by Crippen LogP contribution is -2.18. The molecule has 1 unspecified atom stereocenters. The second-order valence-electron chi connectivity index (χ2n) is 4.32. The summed E-state index contributed by atoms with van der Waals surface area (Å²) in [6, 6.07) is 8.44. The van der Waals surface area contributed by atoms with E-state index < -0.39 is 12.1 Å². The highest BCUT2D eigenvalue weighted by Gasteiger charge is 2.09. The van der Waals surface area contributed by atoms with Crippen molar-refractivity contribution in [3.05, 3.63) is 35.9 Å². The summed E-state index contributed by atoms with van der Waals surface area (Å²) in [5.74, 6) is -0.336. The molecule has 5 heteroatoms. The van der Waals surface area contributed by atoms with Crippen LogP contribution >= 0.6 is 0 Å². The van der Waals surface area contributed by atoms with E-state index in [9.17, 15) is 9.90 Å². The molecule has 3 N–H and O–H groups in total. The number of aromatic nitrogens is 1. The largest absolute Gasteiger partial charge is 0.478 e. The average Bonchev–Trinajstić information content (AvgIpc) is 2.43. The number of nitrogens with one attached hydrogen (secondary N) is 1. The van der Waals surface area contributed by atoms with Crippen LogP contribution in [0.2, 0.25) is 0 Å². The van der Waals surface area contributed by atoms with Gasteiger partial charge >= 0.3 is 5.97 Å². The van der Waals surface area contributed by atoms with E-state index in [0.717, 1.165) is 0 Å². The summed E-state index contributed by atoms with van der Waals surface area (Å²) in [4.78, 5) is 15.4. The number of rotatable bonds is 5. The number of aromatic carboxylic acids is 1. The van der Waals surface area contributed by atoms with Crippen molar-refractivity contribution >= 4 is 22.7 Å². The van der Waals surface area contributed by atoms with Gasteiger partial charge in [-0.05, 0) is 30.7 Å². The first kappa shape index (κ1) is 13.3. The molecule has 0 aliphatic heterocycles. The molecule has 0 aliphatic rings. The van der Waals surface area contributed by atoms with Crippen LogP contribution in [0.4, 0.5) is 5.82 Å². The predicted molar refractivity (Wildman–Crippen MR) is 73.5 cm³/mol. The van der Waals surface area contributed by atoms with Crippen LogP contribution in [-0.2, 0) is 0 Å². The van der Waals surface area contributed by atoms with Gasteiger partial charge in [-0.2, -0.15) is 0 Å². The van der Waals surface area contributed by atoms with Crippen LogP contribution in [0.3, 0.4) is 0 Å². The van der Waals surface area contributed by atoms with Gasteiger partial charge in [0.25, 0.3) is 0 Å². The molecule has 2 rings (SSSR count). The molecular weight excluding hydrogens is 244 g/mol. The minimum absolute atomic E-state index is 0.241. The third kappa shape index (κ3) is 3.00. The number of hydrogen-bond acceptors (Lipinski definition) is 4. The minimum atomic E-state index is -0.963. The molecule has 0 saturated carbocycles. The lowest BCUT2D eigenvalue weighted by Gasteiger charge is -2.10. The molecule has 1 aromatic carbocycles.